The van der Waals surface area contributed by atoms with Crippen molar-refractivity contribution in [2.75, 3.05) is 32.8 Å². The molecule has 2 N–H and O–H groups in total. The van der Waals surface area contributed by atoms with E-state index < -0.39 is 0 Å². The molecule has 7 heteroatoms. The van der Waals surface area contributed by atoms with E-state index in [4.69, 9.17) is 27.9 Å². The minimum absolute atomic E-state index is 0.0475. The average molecular weight is 332 g/mol. The van der Waals surface area contributed by atoms with Gasteiger partial charge in [0.15, 0.2) is 0 Å². The van der Waals surface area contributed by atoms with Gasteiger partial charge in [-0.2, -0.15) is 0 Å². The summed E-state index contributed by atoms with van der Waals surface area (Å²) in [5.74, 6) is 0.627. The highest BCUT2D eigenvalue weighted by atomic mass is 35.5. The third-order valence-electron chi connectivity index (χ3n) is 3.20. The van der Waals surface area contributed by atoms with Gasteiger partial charge in [-0.05, 0) is 18.7 Å². The summed E-state index contributed by atoms with van der Waals surface area (Å²) in [4.78, 5) is 13.2. The summed E-state index contributed by atoms with van der Waals surface area (Å²) in [6.07, 6.45) is 0. The fourth-order valence-corrected chi connectivity index (χ4v) is 2.74. The smallest absolute Gasteiger partial charge is 0.317 e. The van der Waals surface area contributed by atoms with Crippen molar-refractivity contribution in [1.82, 2.24) is 15.5 Å². The van der Waals surface area contributed by atoms with Gasteiger partial charge in [-0.25, -0.2) is 4.79 Å². The summed E-state index contributed by atoms with van der Waals surface area (Å²) in [5, 5.41) is 7.05. The molecule has 0 radical (unpaired) electrons. The Balaban J connectivity index is 1.98. The molecule has 21 heavy (non-hydrogen) atoms. The predicted octanol–water partition coefficient (Wildman–Crippen LogP) is 2.51. The standard InChI is InChI=1S/C14H19Cl2N3O2/c1-2-17-9-10-7-11(15)8-12(16)13(10)21-6-5-19-4-3-18-14(19)20/h7-8,17H,2-6,9H2,1H3,(H,18,20). The number of halogens is 2. The van der Waals surface area contributed by atoms with E-state index >= 15 is 0 Å². The number of urea groups is 1. The molecule has 0 aromatic heterocycles. The maximum atomic E-state index is 11.4. The number of nitrogens with one attached hydrogen (secondary N) is 2. The number of nitrogens with zero attached hydrogens (tertiary/aromatic N) is 1. The number of ether oxygens (including phenoxy) is 1. The lowest BCUT2D eigenvalue weighted by atomic mass is 10.2. The second-order valence-electron chi connectivity index (χ2n) is 4.72. The summed E-state index contributed by atoms with van der Waals surface area (Å²) < 4.78 is 5.78. The number of benzene rings is 1. The monoisotopic (exact) mass is 331 g/mol. The number of carbonyl (C=O) groups excluding carboxylic acids is 1. The highest BCUT2D eigenvalue weighted by Crippen LogP contribution is 2.32. The first kappa shape index (κ1) is 16.2. The van der Waals surface area contributed by atoms with Gasteiger partial charge in [0.1, 0.15) is 12.4 Å². The van der Waals surface area contributed by atoms with E-state index in [1.165, 1.54) is 0 Å². The molecular formula is C14H19Cl2N3O2. The molecule has 1 aliphatic heterocycles. The Morgan fingerprint density at radius 2 is 2.24 bits per heavy atom. The van der Waals surface area contributed by atoms with E-state index in [1.54, 1.807) is 11.0 Å². The molecule has 1 heterocycles. The normalized spacial score (nSPS) is 14.4. The largest absolute Gasteiger partial charge is 0.490 e. The summed E-state index contributed by atoms with van der Waals surface area (Å²) in [5.41, 5.74) is 0.917. The molecule has 1 saturated heterocycles. The zero-order chi connectivity index (χ0) is 15.2. The zero-order valence-corrected chi connectivity index (χ0v) is 13.4. The van der Waals surface area contributed by atoms with Crippen LogP contribution in [0.4, 0.5) is 4.79 Å². The van der Waals surface area contributed by atoms with Crippen molar-refractivity contribution < 1.29 is 9.53 Å². The molecule has 2 rings (SSSR count). The van der Waals surface area contributed by atoms with Gasteiger partial charge >= 0.3 is 6.03 Å². The van der Waals surface area contributed by atoms with Gasteiger partial charge in [0.2, 0.25) is 0 Å². The Morgan fingerprint density at radius 3 is 2.90 bits per heavy atom. The summed E-state index contributed by atoms with van der Waals surface area (Å²) in [7, 11) is 0. The zero-order valence-electron chi connectivity index (χ0n) is 11.9. The van der Waals surface area contributed by atoms with E-state index in [-0.39, 0.29) is 6.03 Å². The molecule has 1 aromatic rings. The van der Waals surface area contributed by atoms with Gasteiger partial charge in [-0.1, -0.05) is 30.1 Å². The summed E-state index contributed by atoms with van der Waals surface area (Å²) >= 11 is 12.2. The van der Waals surface area contributed by atoms with Gasteiger partial charge in [0, 0.05) is 30.2 Å². The van der Waals surface area contributed by atoms with Gasteiger partial charge < -0.3 is 20.3 Å². The molecule has 0 aliphatic carbocycles. The average Bonchev–Trinajstić information content (AvgIpc) is 2.84. The molecule has 2 amide bonds. The van der Waals surface area contributed by atoms with Crippen molar-refractivity contribution in [2.24, 2.45) is 0 Å². The van der Waals surface area contributed by atoms with Gasteiger partial charge in [-0.3, -0.25) is 0 Å². The molecule has 116 valence electrons. The van der Waals surface area contributed by atoms with Crippen LogP contribution in [0.3, 0.4) is 0 Å². The molecule has 1 fully saturated rings. The van der Waals surface area contributed by atoms with Crippen LogP contribution in [0.15, 0.2) is 12.1 Å². The van der Waals surface area contributed by atoms with Crippen molar-refractivity contribution in [3.8, 4) is 5.75 Å². The Kier molecular flexibility index (Phi) is 5.96. The molecule has 0 spiro atoms. The molecule has 0 atom stereocenters. The second-order valence-corrected chi connectivity index (χ2v) is 5.57. The van der Waals surface area contributed by atoms with E-state index in [1.807, 2.05) is 13.0 Å². The van der Waals surface area contributed by atoms with Crippen LogP contribution in [0.1, 0.15) is 12.5 Å². The molecule has 0 unspecified atom stereocenters. The van der Waals surface area contributed by atoms with Gasteiger partial charge in [0.25, 0.3) is 0 Å². The molecule has 1 aliphatic rings. The van der Waals surface area contributed by atoms with Crippen LogP contribution in [-0.4, -0.2) is 43.7 Å². The lowest BCUT2D eigenvalue weighted by molar-refractivity contribution is 0.202. The lowest BCUT2D eigenvalue weighted by Crippen LogP contribution is -2.32. The minimum Gasteiger partial charge on any atom is -0.490 e. The SMILES string of the molecule is CCNCc1cc(Cl)cc(Cl)c1OCCN1CCNC1=O. The maximum absolute atomic E-state index is 11.4. The fraction of sp³-hybridized carbons (Fsp3) is 0.500. The summed E-state index contributed by atoms with van der Waals surface area (Å²) in [6.45, 7) is 5.83. The van der Waals surface area contributed by atoms with Gasteiger partial charge in [-0.15, -0.1) is 0 Å². The van der Waals surface area contributed by atoms with E-state index in [2.05, 4.69) is 10.6 Å². The number of amides is 2. The maximum Gasteiger partial charge on any atom is 0.317 e. The molecular weight excluding hydrogens is 313 g/mol. The van der Waals surface area contributed by atoms with Crippen LogP contribution in [0.25, 0.3) is 0 Å². The minimum atomic E-state index is -0.0475. The highest BCUT2D eigenvalue weighted by molar-refractivity contribution is 6.35. The summed E-state index contributed by atoms with van der Waals surface area (Å²) in [6, 6.07) is 3.46. The molecule has 0 saturated carbocycles. The third-order valence-corrected chi connectivity index (χ3v) is 3.70. The van der Waals surface area contributed by atoms with Crippen molar-refractivity contribution in [1.29, 1.82) is 0 Å². The van der Waals surface area contributed by atoms with Crippen LogP contribution in [-0.2, 0) is 6.54 Å². The van der Waals surface area contributed by atoms with E-state index in [0.717, 1.165) is 12.1 Å². The van der Waals surface area contributed by atoms with Gasteiger partial charge in [0.05, 0.1) is 11.6 Å². The lowest BCUT2D eigenvalue weighted by Gasteiger charge is -2.17. The van der Waals surface area contributed by atoms with Crippen molar-refractivity contribution in [2.45, 2.75) is 13.5 Å². The Morgan fingerprint density at radius 1 is 1.43 bits per heavy atom. The topological polar surface area (TPSA) is 53.6 Å². The Hall–Kier alpha value is -1.17. The fourth-order valence-electron chi connectivity index (χ4n) is 2.15. The third kappa shape index (κ3) is 4.40. The molecule has 0 bridgehead atoms. The molecule has 1 aromatic carbocycles. The predicted molar refractivity (Wildman–Crippen MR) is 84.3 cm³/mol. The first-order valence-electron chi connectivity index (χ1n) is 6.96. The number of hydrogen-bond acceptors (Lipinski definition) is 3. The van der Waals surface area contributed by atoms with Crippen LogP contribution in [0, 0.1) is 0 Å². The van der Waals surface area contributed by atoms with E-state index in [0.29, 0.717) is 48.6 Å². The quantitative estimate of drug-likeness (QED) is 0.807. The van der Waals surface area contributed by atoms with Crippen molar-refractivity contribution in [3.63, 3.8) is 0 Å². The van der Waals surface area contributed by atoms with Crippen LogP contribution in [0.2, 0.25) is 10.0 Å². The van der Waals surface area contributed by atoms with Crippen molar-refractivity contribution in [3.05, 3.63) is 27.7 Å². The Bertz CT molecular complexity index is 511. The first-order chi connectivity index (χ1) is 10.1. The molecule has 5 nitrogen and oxygen atoms in total. The highest BCUT2D eigenvalue weighted by Gasteiger charge is 2.19. The number of rotatable bonds is 7. The first-order valence-corrected chi connectivity index (χ1v) is 7.71. The van der Waals surface area contributed by atoms with E-state index in [9.17, 15) is 4.79 Å². The van der Waals surface area contributed by atoms with Crippen LogP contribution < -0.4 is 15.4 Å². The number of carbonyl (C=O) groups is 1. The second kappa shape index (κ2) is 7.73. The number of hydrogen-bond donors (Lipinski definition) is 2. The van der Waals surface area contributed by atoms with Crippen molar-refractivity contribution >= 4 is 29.2 Å². The van der Waals surface area contributed by atoms with Crippen LogP contribution in [0.5, 0.6) is 5.75 Å². The van der Waals surface area contributed by atoms with Crippen LogP contribution >= 0.6 is 23.2 Å². The Labute approximate surface area is 134 Å².